The molecule has 2 aromatic heterocycles. The van der Waals surface area contributed by atoms with Crippen LogP contribution in [0.15, 0.2) is 24.5 Å². The molecule has 0 aromatic carbocycles. The molecule has 6 nitrogen and oxygen atoms in total. The Kier molecular flexibility index (Phi) is 2.78. The Hall–Kier alpha value is -2.37. The maximum atomic E-state index is 10.8. The summed E-state index contributed by atoms with van der Waals surface area (Å²) in [6.07, 6.45) is 3.29. The molecule has 0 radical (unpaired) electrons. The minimum atomic E-state index is -1.04. The van der Waals surface area contributed by atoms with Crippen LogP contribution in [0.25, 0.3) is 0 Å². The van der Waals surface area contributed by atoms with E-state index >= 15 is 0 Å². The summed E-state index contributed by atoms with van der Waals surface area (Å²) in [4.78, 5) is 14.5. The van der Waals surface area contributed by atoms with Crippen LogP contribution in [0.5, 0.6) is 0 Å². The summed E-state index contributed by atoms with van der Waals surface area (Å²) in [6.45, 7) is 1.88. The van der Waals surface area contributed by atoms with Gasteiger partial charge in [-0.1, -0.05) is 0 Å². The summed E-state index contributed by atoms with van der Waals surface area (Å²) in [5, 5.41) is 16.1. The minimum Gasteiger partial charge on any atom is -0.477 e. The van der Waals surface area contributed by atoms with Gasteiger partial charge in [-0.25, -0.2) is 9.78 Å². The third kappa shape index (κ3) is 2.41. The number of aromatic nitrogens is 3. The summed E-state index contributed by atoms with van der Waals surface area (Å²) >= 11 is 0. The van der Waals surface area contributed by atoms with Crippen LogP contribution in [0.1, 0.15) is 16.2 Å². The molecule has 2 heterocycles. The standard InChI is InChI=1S/C11H12N4O2/c1-7-10(6-15(2)14-7)13-8-3-4-12-9(5-8)11(16)17/h3-6H,1-2H3,(H,12,13)(H,16,17). The van der Waals surface area contributed by atoms with Gasteiger partial charge >= 0.3 is 5.97 Å². The van der Waals surface area contributed by atoms with E-state index in [9.17, 15) is 4.79 Å². The van der Waals surface area contributed by atoms with Gasteiger partial charge in [0.05, 0.1) is 11.4 Å². The Morgan fingerprint density at radius 2 is 2.29 bits per heavy atom. The lowest BCUT2D eigenvalue weighted by Crippen LogP contribution is -2.01. The predicted octanol–water partition coefficient (Wildman–Crippen LogP) is 1.57. The summed E-state index contributed by atoms with van der Waals surface area (Å²) in [6, 6.07) is 3.19. The Bertz CT molecular complexity index is 562. The lowest BCUT2D eigenvalue weighted by Gasteiger charge is -2.04. The SMILES string of the molecule is Cc1nn(C)cc1Nc1ccnc(C(=O)O)c1. The molecule has 0 aliphatic rings. The average Bonchev–Trinajstić information content (AvgIpc) is 2.58. The van der Waals surface area contributed by atoms with Crippen LogP contribution in [0.2, 0.25) is 0 Å². The highest BCUT2D eigenvalue weighted by molar-refractivity contribution is 5.86. The first-order chi connectivity index (χ1) is 8.06. The Morgan fingerprint density at radius 1 is 1.53 bits per heavy atom. The van der Waals surface area contributed by atoms with E-state index in [1.165, 1.54) is 12.3 Å². The number of rotatable bonds is 3. The Labute approximate surface area is 97.9 Å². The minimum absolute atomic E-state index is 0.0107. The van der Waals surface area contributed by atoms with Gasteiger partial charge in [-0.2, -0.15) is 5.10 Å². The number of carboxylic acids is 1. The first-order valence-electron chi connectivity index (χ1n) is 5.03. The molecule has 17 heavy (non-hydrogen) atoms. The van der Waals surface area contributed by atoms with Crippen molar-refractivity contribution in [3.05, 3.63) is 35.9 Å². The lowest BCUT2D eigenvalue weighted by molar-refractivity contribution is 0.0690. The molecule has 0 aliphatic heterocycles. The number of pyridine rings is 1. The van der Waals surface area contributed by atoms with E-state index in [-0.39, 0.29) is 5.69 Å². The highest BCUT2D eigenvalue weighted by Crippen LogP contribution is 2.19. The molecule has 0 fully saturated rings. The second-order valence-electron chi connectivity index (χ2n) is 3.66. The van der Waals surface area contributed by atoms with E-state index in [0.717, 1.165) is 11.4 Å². The highest BCUT2D eigenvalue weighted by Gasteiger charge is 2.07. The molecule has 0 aliphatic carbocycles. The number of nitrogens with zero attached hydrogens (tertiary/aromatic N) is 3. The third-order valence-corrected chi connectivity index (χ3v) is 2.27. The van der Waals surface area contributed by atoms with Crippen LogP contribution in [-0.4, -0.2) is 25.8 Å². The molecule has 2 N–H and O–H groups in total. The van der Waals surface area contributed by atoms with Gasteiger partial charge in [0.25, 0.3) is 0 Å². The molecular formula is C11H12N4O2. The van der Waals surface area contributed by atoms with Crippen molar-refractivity contribution < 1.29 is 9.90 Å². The van der Waals surface area contributed by atoms with Gasteiger partial charge in [0.2, 0.25) is 0 Å². The zero-order chi connectivity index (χ0) is 12.4. The van der Waals surface area contributed by atoms with E-state index in [2.05, 4.69) is 15.4 Å². The van der Waals surface area contributed by atoms with Crippen molar-refractivity contribution in [1.29, 1.82) is 0 Å². The van der Waals surface area contributed by atoms with Crippen molar-refractivity contribution in [3.8, 4) is 0 Å². The summed E-state index contributed by atoms with van der Waals surface area (Å²) in [5.41, 5.74) is 2.38. The second-order valence-corrected chi connectivity index (χ2v) is 3.66. The smallest absolute Gasteiger partial charge is 0.354 e. The molecule has 0 atom stereocenters. The lowest BCUT2D eigenvalue weighted by atomic mass is 10.3. The molecular weight excluding hydrogens is 220 g/mol. The normalized spacial score (nSPS) is 10.2. The van der Waals surface area contributed by atoms with E-state index in [1.54, 1.807) is 10.7 Å². The van der Waals surface area contributed by atoms with Gasteiger partial charge in [-0.15, -0.1) is 0 Å². The van der Waals surface area contributed by atoms with Crippen LogP contribution in [0.4, 0.5) is 11.4 Å². The van der Waals surface area contributed by atoms with Gasteiger partial charge in [0.1, 0.15) is 5.69 Å². The van der Waals surface area contributed by atoms with Crippen molar-refractivity contribution in [2.45, 2.75) is 6.92 Å². The molecule has 0 spiro atoms. The van der Waals surface area contributed by atoms with Crippen molar-refractivity contribution >= 4 is 17.3 Å². The van der Waals surface area contributed by atoms with Crippen LogP contribution in [0, 0.1) is 6.92 Å². The third-order valence-electron chi connectivity index (χ3n) is 2.27. The maximum Gasteiger partial charge on any atom is 0.354 e. The van der Waals surface area contributed by atoms with E-state index in [1.807, 2.05) is 20.2 Å². The van der Waals surface area contributed by atoms with Crippen molar-refractivity contribution in [2.75, 3.05) is 5.32 Å². The van der Waals surface area contributed by atoms with Crippen LogP contribution < -0.4 is 5.32 Å². The van der Waals surface area contributed by atoms with Crippen LogP contribution in [-0.2, 0) is 7.05 Å². The number of hydrogen-bond donors (Lipinski definition) is 2. The molecule has 2 rings (SSSR count). The number of nitrogens with one attached hydrogen (secondary N) is 1. The van der Waals surface area contributed by atoms with Crippen molar-refractivity contribution in [2.24, 2.45) is 7.05 Å². The second kappa shape index (κ2) is 4.25. The van der Waals surface area contributed by atoms with Gasteiger partial charge in [0, 0.05) is 25.1 Å². The fourth-order valence-corrected chi connectivity index (χ4v) is 1.50. The van der Waals surface area contributed by atoms with E-state index in [0.29, 0.717) is 5.69 Å². The van der Waals surface area contributed by atoms with Crippen molar-refractivity contribution in [3.63, 3.8) is 0 Å². The first kappa shape index (κ1) is 11.1. The Morgan fingerprint density at radius 3 is 2.88 bits per heavy atom. The number of carbonyl (C=O) groups is 1. The molecule has 0 amide bonds. The molecule has 2 aromatic rings. The van der Waals surface area contributed by atoms with Crippen LogP contribution >= 0.6 is 0 Å². The molecule has 0 bridgehead atoms. The van der Waals surface area contributed by atoms with Gasteiger partial charge < -0.3 is 10.4 Å². The number of hydrogen-bond acceptors (Lipinski definition) is 4. The van der Waals surface area contributed by atoms with Gasteiger partial charge in [-0.05, 0) is 19.1 Å². The summed E-state index contributed by atoms with van der Waals surface area (Å²) in [5.74, 6) is -1.04. The zero-order valence-corrected chi connectivity index (χ0v) is 9.51. The topological polar surface area (TPSA) is 80.0 Å². The zero-order valence-electron chi connectivity index (χ0n) is 9.51. The Balaban J connectivity index is 2.27. The molecule has 6 heteroatoms. The molecule has 0 unspecified atom stereocenters. The van der Waals surface area contributed by atoms with E-state index in [4.69, 9.17) is 5.11 Å². The fraction of sp³-hybridized carbons (Fsp3) is 0.182. The number of anilines is 2. The number of aromatic carboxylic acids is 1. The van der Waals surface area contributed by atoms with Gasteiger partial charge in [-0.3, -0.25) is 4.68 Å². The molecule has 0 saturated carbocycles. The van der Waals surface area contributed by atoms with Gasteiger partial charge in [0.15, 0.2) is 0 Å². The monoisotopic (exact) mass is 232 g/mol. The fourth-order valence-electron chi connectivity index (χ4n) is 1.50. The molecule has 0 saturated heterocycles. The maximum absolute atomic E-state index is 10.8. The largest absolute Gasteiger partial charge is 0.477 e. The summed E-state index contributed by atoms with van der Waals surface area (Å²) in [7, 11) is 1.83. The van der Waals surface area contributed by atoms with E-state index < -0.39 is 5.97 Å². The molecule has 88 valence electrons. The predicted molar refractivity (Wildman–Crippen MR) is 62.4 cm³/mol. The average molecular weight is 232 g/mol. The highest BCUT2D eigenvalue weighted by atomic mass is 16.4. The summed E-state index contributed by atoms with van der Waals surface area (Å²) < 4.78 is 1.69. The quantitative estimate of drug-likeness (QED) is 0.839. The van der Waals surface area contributed by atoms with Crippen molar-refractivity contribution in [1.82, 2.24) is 14.8 Å². The number of carboxylic acid groups (broad SMARTS) is 1. The van der Waals surface area contributed by atoms with Crippen LogP contribution in [0.3, 0.4) is 0 Å². The first-order valence-corrected chi connectivity index (χ1v) is 5.03. The number of aryl methyl sites for hydroxylation is 2.